The van der Waals surface area contributed by atoms with Gasteiger partial charge in [0.1, 0.15) is 42.4 Å². The fourth-order valence-corrected chi connectivity index (χ4v) is 7.73. The molecule has 2 aromatic heterocycles. The molecule has 6 atom stereocenters. The van der Waals surface area contributed by atoms with Crippen LogP contribution in [0.15, 0.2) is 48.8 Å². The van der Waals surface area contributed by atoms with Crippen molar-refractivity contribution < 1.29 is 38.4 Å². The molecule has 0 spiro atoms. The van der Waals surface area contributed by atoms with Gasteiger partial charge >= 0.3 is 6.72 Å². The molecule has 3 heterocycles. The van der Waals surface area contributed by atoms with Gasteiger partial charge in [0.2, 0.25) is 0 Å². The van der Waals surface area contributed by atoms with Crippen LogP contribution in [0.25, 0.3) is 5.52 Å². The number of fused-ring (bicyclic) bond motifs is 1. The number of aromatic nitrogens is 3. The third-order valence-electron chi connectivity index (χ3n) is 9.77. The number of anilines is 1. The molecule has 0 saturated carbocycles. The summed E-state index contributed by atoms with van der Waals surface area (Å²) < 4.78 is 30.8. The molecule has 1 unspecified atom stereocenters. The molecule has 1 fully saturated rings. The van der Waals surface area contributed by atoms with Crippen LogP contribution >= 0.6 is 6.72 Å². The molecule has 53 heavy (non-hydrogen) atoms. The van der Waals surface area contributed by atoms with Crippen molar-refractivity contribution in [2.75, 3.05) is 32.2 Å². The number of nitrogens with two attached hydrogens (primary N) is 1. The van der Waals surface area contributed by atoms with Crippen molar-refractivity contribution >= 4 is 29.9 Å². The summed E-state index contributed by atoms with van der Waals surface area (Å²) in [6, 6.07) is 13.2. The molecule has 0 aliphatic carbocycles. The van der Waals surface area contributed by atoms with E-state index in [4.69, 9.17) is 40.8 Å². The zero-order chi connectivity index (χ0) is 37.7. The maximum Gasteiger partial charge on any atom is 0.324 e. The summed E-state index contributed by atoms with van der Waals surface area (Å²) in [6.07, 6.45) is 17.4. The number of hydrogen-bond donors (Lipinski definition) is 4. The summed E-state index contributed by atoms with van der Waals surface area (Å²) in [4.78, 5) is 14.8. The smallest absolute Gasteiger partial charge is 0.324 e. The van der Waals surface area contributed by atoms with Crippen molar-refractivity contribution in [3.63, 3.8) is 0 Å². The van der Waals surface area contributed by atoms with Crippen LogP contribution in [-0.4, -0.2) is 80.5 Å². The maximum absolute atomic E-state index is 10.9. The molecule has 0 bridgehead atoms. The second-order valence-electron chi connectivity index (χ2n) is 14.1. The van der Waals surface area contributed by atoms with Gasteiger partial charge < -0.3 is 44.1 Å². The highest BCUT2D eigenvalue weighted by molar-refractivity contribution is 8.07. The van der Waals surface area contributed by atoms with Crippen LogP contribution in [0.5, 0.6) is 0 Å². The summed E-state index contributed by atoms with van der Waals surface area (Å²) in [6.45, 7) is -0.596. The third-order valence-corrected chi connectivity index (χ3v) is 11.3. The van der Waals surface area contributed by atoms with E-state index in [2.05, 4.69) is 17.0 Å². The fourth-order valence-electron chi connectivity index (χ4n) is 6.60. The van der Waals surface area contributed by atoms with Crippen molar-refractivity contribution in [1.29, 1.82) is 0 Å². The highest BCUT2D eigenvalue weighted by Gasteiger charge is 2.45. The molecule has 12 nitrogen and oxygen atoms in total. The molecule has 0 amide bonds. The van der Waals surface area contributed by atoms with Gasteiger partial charge in [0, 0.05) is 6.61 Å². The van der Waals surface area contributed by atoms with Crippen LogP contribution in [0.2, 0.25) is 0 Å². The molecular formula is C39H63N4O8PS. The number of aliphatic hydroxyl groups is 2. The van der Waals surface area contributed by atoms with E-state index >= 15 is 0 Å². The molecule has 0 radical (unpaired) electrons. The van der Waals surface area contributed by atoms with Gasteiger partial charge in [-0.3, -0.25) is 0 Å². The topological polar surface area (TPSA) is 163 Å². The molecule has 5 N–H and O–H groups in total. The lowest BCUT2D eigenvalue weighted by Gasteiger charge is -2.23. The van der Waals surface area contributed by atoms with Crippen LogP contribution < -0.4 is 5.73 Å². The Hall–Kier alpha value is -2.03. The molecule has 1 saturated heterocycles. The van der Waals surface area contributed by atoms with E-state index in [0.29, 0.717) is 24.4 Å². The number of benzene rings is 1. The minimum Gasteiger partial charge on any atom is -0.387 e. The second kappa shape index (κ2) is 24.5. The number of ether oxygens (including phenoxy) is 3. The molecule has 4 rings (SSSR count). The largest absolute Gasteiger partial charge is 0.387 e. The average molecular weight is 779 g/mol. The fraction of sp³-hybridized carbons (Fsp3) is 0.692. The van der Waals surface area contributed by atoms with Crippen LogP contribution in [0, 0.1) is 0 Å². The summed E-state index contributed by atoms with van der Waals surface area (Å²) in [5.41, 5.74) is 7.96. The van der Waals surface area contributed by atoms with E-state index in [1.54, 1.807) is 12.1 Å². The average Bonchev–Trinajstić information content (AvgIpc) is 3.72. The Labute approximate surface area is 321 Å². The lowest BCUT2D eigenvalue weighted by Crippen LogP contribution is -2.33. The number of aliphatic hydroxyl groups excluding tert-OH is 2. The number of hydrogen-bond acceptors (Lipinski definition) is 11. The van der Waals surface area contributed by atoms with Crippen LogP contribution in [-0.2, 0) is 41.7 Å². The molecule has 298 valence electrons. The van der Waals surface area contributed by atoms with Crippen molar-refractivity contribution in [2.45, 2.75) is 147 Å². The summed E-state index contributed by atoms with van der Waals surface area (Å²) in [5, 5.41) is 25.7. The SMILES string of the molecule is CCCCCCCCCCCCCCCCCCOC[C@H](COP(O)(=S)OC[C@H]1O[C@@H](c2ccc3c(N)ncnn23)[C@H](O)[C@@H]1O)OCc1ccccc1. The number of nitrogen functional groups attached to an aromatic ring is 1. The zero-order valence-electron chi connectivity index (χ0n) is 31.5. The van der Waals surface area contributed by atoms with Crippen molar-refractivity contribution in [3.05, 3.63) is 60.0 Å². The minimum absolute atomic E-state index is 0.0455. The van der Waals surface area contributed by atoms with Crippen LogP contribution in [0.1, 0.15) is 127 Å². The van der Waals surface area contributed by atoms with Crippen molar-refractivity contribution in [2.24, 2.45) is 0 Å². The summed E-state index contributed by atoms with van der Waals surface area (Å²) in [7, 11) is 0. The first kappa shape index (κ1) is 43.7. The lowest BCUT2D eigenvalue weighted by molar-refractivity contribution is -0.0515. The molecule has 1 aliphatic rings. The standard InChI is InChI=1S/C39H63N4O8PS/c1-2-3-4-5-6-7-8-9-10-11-12-13-14-15-16-20-25-47-27-32(48-26-31-21-18-17-19-22-31)28-49-52(46,53)50-29-35-36(44)37(45)38(51-35)33-23-24-34-39(40)41-30-42-43(33)34/h17-19,21-24,30,32,35-38,44-45H,2-16,20,25-29H2,1H3,(H,46,53)(H2,40,41,42)/t32-,35-,36-,37-,38+,52?/m1/s1. The van der Waals surface area contributed by atoms with Gasteiger partial charge in [-0.15, -0.1) is 0 Å². The highest BCUT2D eigenvalue weighted by atomic mass is 32.5. The predicted molar refractivity (Wildman–Crippen MR) is 211 cm³/mol. The number of rotatable bonds is 29. The maximum atomic E-state index is 10.9. The first-order valence-corrected chi connectivity index (χ1v) is 22.3. The van der Waals surface area contributed by atoms with Crippen LogP contribution in [0.3, 0.4) is 0 Å². The number of unbranched alkanes of at least 4 members (excludes halogenated alkanes) is 15. The van der Waals surface area contributed by atoms with Gasteiger partial charge in [-0.1, -0.05) is 134 Å². The van der Waals surface area contributed by atoms with E-state index in [-0.39, 0.29) is 25.6 Å². The summed E-state index contributed by atoms with van der Waals surface area (Å²) >= 11 is 5.28. The Kier molecular flexibility index (Phi) is 20.2. The van der Waals surface area contributed by atoms with Gasteiger partial charge in [0.15, 0.2) is 5.82 Å². The van der Waals surface area contributed by atoms with Gasteiger partial charge in [-0.2, -0.15) is 5.10 Å². The Bertz CT molecular complexity index is 1470. The normalized spacial score (nSPS) is 20.6. The monoisotopic (exact) mass is 778 g/mol. The lowest BCUT2D eigenvalue weighted by atomic mass is 10.0. The Morgan fingerprint density at radius 1 is 0.830 bits per heavy atom. The predicted octanol–water partition coefficient (Wildman–Crippen LogP) is 7.59. The van der Waals surface area contributed by atoms with Crippen molar-refractivity contribution in [3.8, 4) is 0 Å². The minimum atomic E-state index is -3.76. The quantitative estimate of drug-likeness (QED) is 0.0404. The Balaban J connectivity index is 1.11. The first-order valence-electron chi connectivity index (χ1n) is 19.7. The Morgan fingerprint density at radius 3 is 2.09 bits per heavy atom. The van der Waals surface area contributed by atoms with E-state index < -0.39 is 37.2 Å². The molecule has 14 heteroatoms. The first-order chi connectivity index (χ1) is 25.8. The van der Waals surface area contributed by atoms with E-state index in [0.717, 1.165) is 18.4 Å². The highest BCUT2D eigenvalue weighted by Crippen LogP contribution is 2.45. The van der Waals surface area contributed by atoms with Crippen molar-refractivity contribution in [1.82, 2.24) is 14.6 Å². The van der Waals surface area contributed by atoms with Gasteiger partial charge in [0.05, 0.1) is 32.1 Å². The van der Waals surface area contributed by atoms with E-state index in [1.807, 2.05) is 30.3 Å². The van der Waals surface area contributed by atoms with E-state index in [9.17, 15) is 15.1 Å². The molecule has 1 aliphatic heterocycles. The Morgan fingerprint density at radius 2 is 1.45 bits per heavy atom. The zero-order valence-corrected chi connectivity index (χ0v) is 33.2. The van der Waals surface area contributed by atoms with Gasteiger partial charge in [-0.25, -0.2) is 9.50 Å². The second-order valence-corrected chi connectivity index (χ2v) is 17.0. The van der Waals surface area contributed by atoms with Crippen LogP contribution in [0.4, 0.5) is 5.82 Å². The van der Waals surface area contributed by atoms with E-state index in [1.165, 1.54) is 101 Å². The third kappa shape index (κ3) is 15.6. The number of nitrogens with zero attached hydrogens (tertiary/aromatic N) is 3. The summed E-state index contributed by atoms with van der Waals surface area (Å²) in [5.74, 6) is 0.272. The van der Waals surface area contributed by atoms with Gasteiger partial charge in [-0.05, 0) is 35.9 Å². The molecule has 1 aromatic carbocycles. The molecule has 3 aromatic rings. The molecular weight excluding hydrogens is 715 g/mol. The van der Waals surface area contributed by atoms with Gasteiger partial charge in [0.25, 0.3) is 0 Å².